The number of likely N-dealkylation sites (tertiary alicyclic amines) is 1. The number of ether oxygens (including phenoxy) is 1. The molecule has 0 atom stereocenters. The van der Waals surface area contributed by atoms with E-state index in [0.717, 1.165) is 46.2 Å². The van der Waals surface area contributed by atoms with Crippen molar-refractivity contribution >= 4 is 38.8 Å². The number of rotatable bonds is 3. The Kier molecular flexibility index (Phi) is 4.24. The Labute approximate surface area is 148 Å². The van der Waals surface area contributed by atoms with E-state index in [1.807, 2.05) is 28.5 Å². The van der Waals surface area contributed by atoms with Crippen LogP contribution in [0.25, 0.3) is 10.2 Å². The van der Waals surface area contributed by atoms with Crippen LogP contribution in [0.15, 0.2) is 35.7 Å². The summed E-state index contributed by atoms with van der Waals surface area (Å²) in [5, 5.41) is 2.68. The summed E-state index contributed by atoms with van der Waals surface area (Å²) in [6.45, 7) is 3.55. The lowest BCUT2D eigenvalue weighted by Crippen LogP contribution is -2.41. The summed E-state index contributed by atoms with van der Waals surface area (Å²) >= 11 is 3.10. The molecule has 6 heteroatoms. The fourth-order valence-electron chi connectivity index (χ4n) is 2.99. The Balaban J connectivity index is 1.39. The molecule has 2 aromatic heterocycles. The number of nitrogens with zero attached hydrogens (tertiary/aromatic N) is 2. The van der Waals surface area contributed by atoms with E-state index in [4.69, 9.17) is 4.74 Å². The van der Waals surface area contributed by atoms with Gasteiger partial charge in [0, 0.05) is 25.9 Å². The van der Waals surface area contributed by atoms with Crippen molar-refractivity contribution in [1.82, 2.24) is 9.88 Å². The number of amides is 1. The summed E-state index contributed by atoms with van der Waals surface area (Å²) in [5.74, 6) is 0.138. The largest absolute Gasteiger partial charge is 0.467 e. The first-order valence-corrected chi connectivity index (χ1v) is 9.76. The Morgan fingerprint density at radius 1 is 1.25 bits per heavy atom. The maximum absolute atomic E-state index is 12.4. The van der Waals surface area contributed by atoms with Crippen molar-refractivity contribution in [2.75, 3.05) is 13.1 Å². The second-order valence-electron chi connectivity index (χ2n) is 5.99. The molecule has 1 aromatic carbocycles. The van der Waals surface area contributed by atoms with Crippen LogP contribution in [0, 0.1) is 6.92 Å². The SMILES string of the molecule is Cc1cccc2sc(OC3CCN(C(=O)c4cccs4)CC3)nc12. The molecule has 0 aliphatic carbocycles. The summed E-state index contributed by atoms with van der Waals surface area (Å²) in [7, 11) is 0. The third-order valence-corrected chi connectivity index (χ3v) is 6.10. The van der Waals surface area contributed by atoms with Crippen molar-refractivity contribution in [2.45, 2.75) is 25.9 Å². The quantitative estimate of drug-likeness (QED) is 0.699. The van der Waals surface area contributed by atoms with E-state index in [2.05, 4.69) is 24.0 Å². The zero-order valence-electron chi connectivity index (χ0n) is 13.4. The first-order valence-electron chi connectivity index (χ1n) is 8.06. The molecule has 0 bridgehead atoms. The molecule has 0 saturated carbocycles. The smallest absolute Gasteiger partial charge is 0.274 e. The van der Waals surface area contributed by atoms with Gasteiger partial charge in [-0.1, -0.05) is 29.5 Å². The van der Waals surface area contributed by atoms with Gasteiger partial charge in [-0.25, -0.2) is 4.98 Å². The van der Waals surface area contributed by atoms with Crippen LogP contribution in [0.5, 0.6) is 5.19 Å². The van der Waals surface area contributed by atoms with Gasteiger partial charge >= 0.3 is 0 Å². The average Bonchev–Trinajstić information content (AvgIpc) is 3.25. The van der Waals surface area contributed by atoms with Crippen LogP contribution < -0.4 is 4.74 Å². The number of thiazole rings is 1. The van der Waals surface area contributed by atoms with Crippen LogP contribution in [-0.4, -0.2) is 35.0 Å². The van der Waals surface area contributed by atoms with Crippen LogP contribution >= 0.6 is 22.7 Å². The Morgan fingerprint density at radius 2 is 2.08 bits per heavy atom. The molecule has 1 saturated heterocycles. The second-order valence-corrected chi connectivity index (χ2v) is 7.93. The summed E-state index contributed by atoms with van der Waals surface area (Å²) in [4.78, 5) is 19.7. The molecule has 3 aromatic rings. The first kappa shape index (κ1) is 15.6. The van der Waals surface area contributed by atoms with E-state index >= 15 is 0 Å². The summed E-state index contributed by atoms with van der Waals surface area (Å²) in [5.41, 5.74) is 2.21. The minimum atomic E-state index is 0.137. The van der Waals surface area contributed by atoms with E-state index in [0.29, 0.717) is 0 Å². The number of thiophene rings is 1. The van der Waals surface area contributed by atoms with Gasteiger partial charge in [0.05, 0.1) is 15.1 Å². The first-order chi connectivity index (χ1) is 11.7. The lowest BCUT2D eigenvalue weighted by atomic mass is 10.1. The summed E-state index contributed by atoms with van der Waals surface area (Å²) in [6, 6.07) is 10.0. The number of hydrogen-bond acceptors (Lipinski definition) is 5. The van der Waals surface area contributed by atoms with E-state index in [-0.39, 0.29) is 12.0 Å². The molecule has 124 valence electrons. The van der Waals surface area contributed by atoms with E-state index in [1.165, 1.54) is 16.9 Å². The molecule has 1 aliphatic heterocycles. The standard InChI is InChI=1S/C18H18N2O2S2/c1-12-4-2-5-14-16(12)19-18(24-14)22-13-7-9-20(10-8-13)17(21)15-6-3-11-23-15/h2-6,11,13H,7-10H2,1H3. The lowest BCUT2D eigenvalue weighted by molar-refractivity contribution is 0.0600. The number of piperidine rings is 1. The van der Waals surface area contributed by atoms with Crippen molar-refractivity contribution in [1.29, 1.82) is 0 Å². The second kappa shape index (κ2) is 6.53. The van der Waals surface area contributed by atoms with E-state index < -0.39 is 0 Å². The summed E-state index contributed by atoms with van der Waals surface area (Å²) < 4.78 is 7.25. The molecule has 0 radical (unpaired) electrons. The van der Waals surface area contributed by atoms with Crippen molar-refractivity contribution in [3.8, 4) is 5.19 Å². The zero-order valence-corrected chi connectivity index (χ0v) is 15.0. The number of benzene rings is 1. The monoisotopic (exact) mass is 358 g/mol. The van der Waals surface area contributed by atoms with Gasteiger partial charge in [0.1, 0.15) is 6.10 Å². The lowest BCUT2D eigenvalue weighted by Gasteiger charge is -2.31. The highest BCUT2D eigenvalue weighted by molar-refractivity contribution is 7.20. The molecule has 4 rings (SSSR count). The Bertz CT molecular complexity index is 849. The highest BCUT2D eigenvalue weighted by Gasteiger charge is 2.25. The molecule has 3 heterocycles. The van der Waals surface area contributed by atoms with Crippen molar-refractivity contribution in [2.24, 2.45) is 0 Å². The van der Waals surface area contributed by atoms with Gasteiger partial charge in [-0.15, -0.1) is 11.3 Å². The molecule has 0 unspecified atom stereocenters. The maximum atomic E-state index is 12.4. The van der Waals surface area contributed by atoms with Crippen LogP contribution in [0.2, 0.25) is 0 Å². The molecule has 4 nitrogen and oxygen atoms in total. The fourth-order valence-corrected chi connectivity index (χ4v) is 4.64. The van der Waals surface area contributed by atoms with Crippen LogP contribution in [0.3, 0.4) is 0 Å². The minimum absolute atomic E-state index is 0.137. The Hall–Kier alpha value is -1.92. The number of fused-ring (bicyclic) bond motifs is 1. The van der Waals surface area contributed by atoms with Gasteiger partial charge < -0.3 is 9.64 Å². The number of aryl methyl sites for hydroxylation is 1. The topological polar surface area (TPSA) is 42.4 Å². The average molecular weight is 358 g/mol. The zero-order chi connectivity index (χ0) is 16.5. The van der Waals surface area contributed by atoms with Crippen LogP contribution in [-0.2, 0) is 0 Å². The number of carbonyl (C=O) groups excluding carboxylic acids is 1. The Morgan fingerprint density at radius 3 is 2.79 bits per heavy atom. The molecule has 1 amide bonds. The van der Waals surface area contributed by atoms with Gasteiger partial charge in [-0.3, -0.25) is 4.79 Å². The molecule has 1 fully saturated rings. The number of aromatic nitrogens is 1. The molecule has 0 N–H and O–H groups in total. The van der Waals surface area contributed by atoms with Crippen LogP contribution in [0.4, 0.5) is 0 Å². The van der Waals surface area contributed by atoms with E-state index in [9.17, 15) is 4.79 Å². The number of hydrogen-bond donors (Lipinski definition) is 0. The van der Waals surface area contributed by atoms with Crippen molar-refractivity contribution < 1.29 is 9.53 Å². The third kappa shape index (κ3) is 3.03. The number of carbonyl (C=O) groups is 1. The molecular formula is C18H18N2O2S2. The van der Waals surface area contributed by atoms with Gasteiger partial charge in [-0.05, 0) is 30.0 Å². The van der Waals surface area contributed by atoms with Gasteiger partial charge in [0.2, 0.25) is 0 Å². The molecule has 0 spiro atoms. The minimum Gasteiger partial charge on any atom is -0.467 e. The molecular weight excluding hydrogens is 340 g/mol. The molecule has 24 heavy (non-hydrogen) atoms. The van der Waals surface area contributed by atoms with E-state index in [1.54, 1.807) is 11.3 Å². The maximum Gasteiger partial charge on any atom is 0.274 e. The van der Waals surface area contributed by atoms with Crippen molar-refractivity contribution in [3.05, 3.63) is 46.2 Å². The van der Waals surface area contributed by atoms with Crippen LogP contribution in [0.1, 0.15) is 28.1 Å². The highest BCUT2D eigenvalue weighted by atomic mass is 32.1. The van der Waals surface area contributed by atoms with Crippen molar-refractivity contribution in [3.63, 3.8) is 0 Å². The molecule has 1 aliphatic rings. The van der Waals surface area contributed by atoms with Gasteiger partial charge in [0.15, 0.2) is 0 Å². The number of para-hydroxylation sites is 1. The normalized spacial score (nSPS) is 15.8. The van der Waals surface area contributed by atoms with Gasteiger partial charge in [0.25, 0.3) is 11.1 Å². The predicted molar refractivity (Wildman–Crippen MR) is 98.2 cm³/mol. The predicted octanol–water partition coefficient (Wildman–Crippen LogP) is 4.35. The summed E-state index contributed by atoms with van der Waals surface area (Å²) in [6.07, 6.45) is 1.84. The van der Waals surface area contributed by atoms with Gasteiger partial charge in [-0.2, -0.15) is 0 Å². The highest BCUT2D eigenvalue weighted by Crippen LogP contribution is 2.31. The third-order valence-electron chi connectivity index (χ3n) is 4.33. The fraction of sp³-hybridized carbons (Fsp3) is 0.333.